The third kappa shape index (κ3) is 4.37. The Labute approximate surface area is 117 Å². The average molecular weight is 277 g/mol. The normalized spacial score (nSPS) is 11.1. The summed E-state index contributed by atoms with van der Waals surface area (Å²) in [5.74, 6) is -0.931. The molecule has 0 fully saturated rings. The second kappa shape index (κ2) is 7.08. The molecule has 0 saturated carbocycles. The predicted molar refractivity (Wildman–Crippen MR) is 77.3 cm³/mol. The van der Waals surface area contributed by atoms with Gasteiger partial charge in [0.25, 0.3) is 0 Å². The SMILES string of the molecule is O=C(O)CCCCCCCc1cc2ccc(F)cc2[nH]1. The first-order valence-electron chi connectivity index (χ1n) is 7.14. The number of aliphatic carboxylic acids is 1. The van der Waals surface area contributed by atoms with Crippen LogP contribution in [-0.2, 0) is 11.2 Å². The second-order valence-corrected chi connectivity index (χ2v) is 5.19. The summed E-state index contributed by atoms with van der Waals surface area (Å²) in [5.41, 5.74) is 1.98. The molecular formula is C16H20FNO2. The first-order valence-corrected chi connectivity index (χ1v) is 7.14. The van der Waals surface area contributed by atoms with E-state index in [1.165, 1.54) is 12.1 Å². The minimum absolute atomic E-state index is 0.218. The fraction of sp³-hybridized carbons (Fsp3) is 0.438. The number of hydrogen-bond acceptors (Lipinski definition) is 1. The molecule has 0 amide bonds. The molecule has 0 aliphatic heterocycles. The van der Waals surface area contributed by atoms with Crippen molar-refractivity contribution in [3.63, 3.8) is 0 Å². The van der Waals surface area contributed by atoms with Crippen molar-refractivity contribution in [1.82, 2.24) is 4.98 Å². The number of rotatable bonds is 8. The first kappa shape index (κ1) is 14.6. The standard InChI is InChI=1S/C16H20FNO2/c17-13-9-8-12-10-14(18-15(12)11-13)6-4-2-1-3-5-7-16(19)20/h8-11,18H,1-7H2,(H,19,20). The number of unbranched alkanes of at least 4 members (excludes halogenated alkanes) is 4. The van der Waals surface area contributed by atoms with E-state index in [2.05, 4.69) is 11.1 Å². The van der Waals surface area contributed by atoms with E-state index in [0.717, 1.165) is 55.1 Å². The van der Waals surface area contributed by atoms with Crippen LogP contribution in [0.5, 0.6) is 0 Å². The van der Waals surface area contributed by atoms with Gasteiger partial charge in [0.15, 0.2) is 0 Å². The van der Waals surface area contributed by atoms with E-state index in [9.17, 15) is 9.18 Å². The molecule has 4 heteroatoms. The Morgan fingerprint density at radius 3 is 2.65 bits per heavy atom. The van der Waals surface area contributed by atoms with Gasteiger partial charge in [-0.15, -0.1) is 0 Å². The van der Waals surface area contributed by atoms with Crippen LogP contribution >= 0.6 is 0 Å². The molecule has 1 heterocycles. The molecule has 0 aliphatic carbocycles. The molecule has 0 aliphatic rings. The number of aryl methyl sites for hydroxylation is 1. The van der Waals surface area contributed by atoms with Crippen LogP contribution in [0.1, 0.15) is 44.2 Å². The highest BCUT2D eigenvalue weighted by Gasteiger charge is 2.02. The largest absolute Gasteiger partial charge is 0.481 e. The van der Waals surface area contributed by atoms with Gasteiger partial charge in [-0.3, -0.25) is 4.79 Å². The van der Waals surface area contributed by atoms with Crippen LogP contribution in [0.25, 0.3) is 10.9 Å². The predicted octanol–water partition coefficient (Wildman–Crippen LogP) is 4.27. The quantitative estimate of drug-likeness (QED) is 0.708. The maximum absolute atomic E-state index is 13.1. The van der Waals surface area contributed by atoms with E-state index in [4.69, 9.17) is 5.11 Å². The molecule has 0 bridgehead atoms. The van der Waals surface area contributed by atoms with Crippen molar-refractivity contribution in [2.45, 2.75) is 44.9 Å². The van der Waals surface area contributed by atoms with Crippen molar-refractivity contribution in [1.29, 1.82) is 0 Å². The number of carboxylic acids is 1. The third-order valence-corrected chi connectivity index (χ3v) is 3.48. The van der Waals surface area contributed by atoms with Crippen LogP contribution in [0.15, 0.2) is 24.3 Å². The van der Waals surface area contributed by atoms with Crippen molar-refractivity contribution in [2.24, 2.45) is 0 Å². The lowest BCUT2D eigenvalue weighted by Gasteiger charge is -1.99. The van der Waals surface area contributed by atoms with Gasteiger partial charge in [0.05, 0.1) is 0 Å². The summed E-state index contributed by atoms with van der Waals surface area (Å²) >= 11 is 0. The lowest BCUT2D eigenvalue weighted by Crippen LogP contribution is -1.93. The van der Waals surface area contributed by atoms with Crippen LogP contribution in [0.2, 0.25) is 0 Å². The van der Waals surface area contributed by atoms with Crippen molar-refractivity contribution in [3.05, 3.63) is 35.8 Å². The second-order valence-electron chi connectivity index (χ2n) is 5.19. The number of nitrogens with one attached hydrogen (secondary N) is 1. The smallest absolute Gasteiger partial charge is 0.303 e. The summed E-state index contributed by atoms with van der Waals surface area (Å²) in [6.45, 7) is 0. The van der Waals surface area contributed by atoms with Crippen LogP contribution in [0, 0.1) is 5.82 Å². The van der Waals surface area contributed by atoms with E-state index in [-0.39, 0.29) is 12.2 Å². The average Bonchev–Trinajstić information content (AvgIpc) is 2.79. The molecule has 0 saturated heterocycles. The van der Waals surface area contributed by atoms with Crippen molar-refractivity contribution >= 4 is 16.9 Å². The number of carboxylic acid groups (broad SMARTS) is 1. The Balaban J connectivity index is 1.69. The van der Waals surface area contributed by atoms with E-state index < -0.39 is 5.97 Å². The van der Waals surface area contributed by atoms with Gasteiger partial charge in [0, 0.05) is 17.6 Å². The maximum Gasteiger partial charge on any atom is 0.303 e. The Kier molecular flexibility index (Phi) is 5.16. The molecule has 0 atom stereocenters. The topological polar surface area (TPSA) is 53.1 Å². The molecule has 108 valence electrons. The zero-order valence-corrected chi connectivity index (χ0v) is 11.5. The monoisotopic (exact) mass is 277 g/mol. The molecule has 20 heavy (non-hydrogen) atoms. The number of aromatic nitrogens is 1. The number of carbonyl (C=O) groups is 1. The first-order chi connectivity index (χ1) is 9.65. The molecule has 0 spiro atoms. The third-order valence-electron chi connectivity index (χ3n) is 3.48. The Morgan fingerprint density at radius 2 is 1.85 bits per heavy atom. The Hall–Kier alpha value is -1.84. The molecule has 0 radical (unpaired) electrons. The number of halogens is 1. The minimum Gasteiger partial charge on any atom is -0.481 e. The van der Waals surface area contributed by atoms with Crippen LogP contribution < -0.4 is 0 Å². The van der Waals surface area contributed by atoms with Crippen LogP contribution in [-0.4, -0.2) is 16.1 Å². The molecule has 2 rings (SSSR count). The van der Waals surface area contributed by atoms with E-state index in [1.807, 2.05) is 0 Å². The van der Waals surface area contributed by atoms with Gasteiger partial charge in [-0.1, -0.05) is 19.3 Å². The molecule has 1 aromatic carbocycles. The Morgan fingerprint density at radius 1 is 1.10 bits per heavy atom. The zero-order valence-electron chi connectivity index (χ0n) is 11.5. The summed E-state index contributed by atoms with van der Waals surface area (Å²) in [5, 5.41) is 9.57. The highest BCUT2D eigenvalue weighted by Crippen LogP contribution is 2.18. The number of fused-ring (bicyclic) bond motifs is 1. The van der Waals surface area contributed by atoms with Crippen molar-refractivity contribution in [3.8, 4) is 0 Å². The van der Waals surface area contributed by atoms with Crippen LogP contribution in [0.3, 0.4) is 0 Å². The fourth-order valence-electron chi connectivity index (χ4n) is 2.42. The summed E-state index contributed by atoms with van der Waals surface area (Å²) in [7, 11) is 0. The number of aromatic amines is 1. The van der Waals surface area contributed by atoms with Gasteiger partial charge in [0.1, 0.15) is 5.82 Å². The number of benzene rings is 1. The fourth-order valence-corrected chi connectivity index (χ4v) is 2.42. The molecule has 2 N–H and O–H groups in total. The lowest BCUT2D eigenvalue weighted by atomic mass is 10.1. The van der Waals surface area contributed by atoms with Crippen molar-refractivity contribution < 1.29 is 14.3 Å². The highest BCUT2D eigenvalue weighted by atomic mass is 19.1. The Bertz CT molecular complexity index is 577. The molecule has 1 aromatic heterocycles. The summed E-state index contributed by atoms with van der Waals surface area (Å²) < 4.78 is 13.1. The molecular weight excluding hydrogens is 257 g/mol. The van der Waals surface area contributed by atoms with Gasteiger partial charge in [-0.25, -0.2) is 4.39 Å². The zero-order chi connectivity index (χ0) is 14.4. The molecule has 0 unspecified atom stereocenters. The number of hydrogen-bond donors (Lipinski definition) is 2. The van der Waals surface area contributed by atoms with E-state index >= 15 is 0 Å². The molecule has 3 nitrogen and oxygen atoms in total. The summed E-state index contributed by atoms with van der Waals surface area (Å²) in [6, 6.07) is 6.85. The molecule has 2 aromatic rings. The highest BCUT2D eigenvalue weighted by molar-refractivity contribution is 5.80. The van der Waals surface area contributed by atoms with Gasteiger partial charge in [-0.2, -0.15) is 0 Å². The lowest BCUT2D eigenvalue weighted by molar-refractivity contribution is -0.137. The van der Waals surface area contributed by atoms with Crippen LogP contribution in [0.4, 0.5) is 4.39 Å². The summed E-state index contributed by atoms with van der Waals surface area (Å²) in [6.07, 6.45) is 6.21. The van der Waals surface area contributed by atoms with E-state index in [0.29, 0.717) is 0 Å². The minimum atomic E-state index is -0.713. The van der Waals surface area contributed by atoms with Gasteiger partial charge < -0.3 is 10.1 Å². The van der Waals surface area contributed by atoms with E-state index in [1.54, 1.807) is 6.07 Å². The number of H-pyrrole nitrogens is 1. The summed E-state index contributed by atoms with van der Waals surface area (Å²) in [4.78, 5) is 13.6. The maximum atomic E-state index is 13.1. The van der Waals surface area contributed by atoms with Gasteiger partial charge in [-0.05, 0) is 48.9 Å². The van der Waals surface area contributed by atoms with Crippen molar-refractivity contribution in [2.75, 3.05) is 0 Å². The van der Waals surface area contributed by atoms with Gasteiger partial charge in [0.2, 0.25) is 0 Å². The van der Waals surface area contributed by atoms with Gasteiger partial charge >= 0.3 is 5.97 Å².